The van der Waals surface area contributed by atoms with E-state index in [2.05, 4.69) is 40.5 Å². The van der Waals surface area contributed by atoms with Crippen molar-refractivity contribution in [2.24, 2.45) is 5.92 Å². The molecule has 10 heteroatoms. The van der Waals surface area contributed by atoms with Crippen molar-refractivity contribution < 1.29 is 27.4 Å². The van der Waals surface area contributed by atoms with Crippen molar-refractivity contribution in [1.29, 1.82) is 0 Å². The van der Waals surface area contributed by atoms with Gasteiger partial charge in [0.25, 0.3) is 0 Å². The van der Waals surface area contributed by atoms with Crippen LogP contribution in [-0.2, 0) is 30.7 Å². The van der Waals surface area contributed by atoms with Crippen LogP contribution >= 0.6 is 0 Å². The topological polar surface area (TPSA) is 97.4 Å². The Morgan fingerprint density at radius 3 is 2.36 bits per heavy atom. The van der Waals surface area contributed by atoms with Crippen LogP contribution in [0.25, 0.3) is 0 Å². The zero-order valence-corrected chi connectivity index (χ0v) is 28.0. The molecular formula is C35H51N3O6S. The van der Waals surface area contributed by atoms with Gasteiger partial charge in [-0.3, -0.25) is 9.69 Å². The molecule has 3 fully saturated rings. The smallest absolute Gasteiger partial charge is 0.246 e. The minimum atomic E-state index is -3.70. The van der Waals surface area contributed by atoms with Crippen molar-refractivity contribution in [3.63, 3.8) is 0 Å². The second kappa shape index (κ2) is 15.9. The maximum absolute atomic E-state index is 13.7. The second-order valence-corrected chi connectivity index (χ2v) is 14.8. The quantitative estimate of drug-likeness (QED) is 0.344. The fourth-order valence-electron chi connectivity index (χ4n) is 7.63. The fourth-order valence-corrected chi connectivity index (χ4v) is 9.73. The van der Waals surface area contributed by atoms with Crippen LogP contribution in [0.2, 0.25) is 0 Å². The highest BCUT2D eigenvalue weighted by Gasteiger charge is 2.37. The maximum Gasteiger partial charge on any atom is 0.246 e. The standard InChI is InChI=1S/C35H51N3O6S/c1-26-22-32(42-3)23-27(2)35(26)45(40,41)38-17-7-10-31(38)24-44-25-34(39)36-30-14-12-29(13-15-30)33(37-18-20-43-21-19-37)16-11-28-8-5-4-6-9-28/h4-6,8-9,22-23,29-31,33H,7,10-21,24-25H2,1-3H3,(H,36,39). The number of sulfonamides is 1. The van der Waals surface area contributed by atoms with Gasteiger partial charge >= 0.3 is 0 Å². The van der Waals surface area contributed by atoms with E-state index in [-0.39, 0.29) is 31.2 Å². The van der Waals surface area contributed by atoms with Gasteiger partial charge in [0.1, 0.15) is 12.4 Å². The summed E-state index contributed by atoms with van der Waals surface area (Å²) in [7, 11) is -2.12. The summed E-state index contributed by atoms with van der Waals surface area (Å²) in [5.41, 5.74) is 2.72. The van der Waals surface area contributed by atoms with E-state index >= 15 is 0 Å². The number of ether oxygens (including phenoxy) is 3. The zero-order chi connectivity index (χ0) is 31.8. The van der Waals surface area contributed by atoms with Gasteiger partial charge < -0.3 is 19.5 Å². The number of hydrogen-bond donors (Lipinski definition) is 1. The fraction of sp³-hybridized carbons (Fsp3) is 0.629. The third kappa shape index (κ3) is 8.65. The van der Waals surface area contributed by atoms with Crippen molar-refractivity contribution in [3.05, 3.63) is 59.2 Å². The van der Waals surface area contributed by atoms with Crippen molar-refractivity contribution in [1.82, 2.24) is 14.5 Å². The summed E-state index contributed by atoms with van der Waals surface area (Å²) in [6.07, 6.45) is 7.85. The van der Waals surface area contributed by atoms with Crippen LogP contribution in [0.3, 0.4) is 0 Å². The predicted octanol–water partition coefficient (Wildman–Crippen LogP) is 4.49. The summed E-state index contributed by atoms with van der Waals surface area (Å²) in [5.74, 6) is 1.13. The number of benzene rings is 2. The second-order valence-electron chi connectivity index (χ2n) is 12.9. The van der Waals surface area contributed by atoms with Crippen LogP contribution < -0.4 is 10.1 Å². The Labute approximate surface area is 269 Å². The summed E-state index contributed by atoms with van der Waals surface area (Å²) in [5, 5.41) is 3.19. The molecule has 248 valence electrons. The number of hydrogen-bond acceptors (Lipinski definition) is 7. The van der Waals surface area contributed by atoms with Crippen molar-refractivity contribution in [3.8, 4) is 5.75 Å². The van der Waals surface area contributed by atoms with E-state index in [1.54, 1.807) is 37.4 Å². The first-order valence-corrected chi connectivity index (χ1v) is 18.1. The Balaban J connectivity index is 1.08. The number of nitrogens with one attached hydrogen (secondary N) is 1. The van der Waals surface area contributed by atoms with Crippen molar-refractivity contribution >= 4 is 15.9 Å². The summed E-state index contributed by atoms with van der Waals surface area (Å²) in [4.78, 5) is 15.8. The Kier molecular flexibility index (Phi) is 11.9. The molecule has 2 aliphatic heterocycles. The molecule has 0 aromatic heterocycles. The number of carbonyl (C=O) groups is 1. The lowest BCUT2D eigenvalue weighted by Gasteiger charge is -2.42. The minimum Gasteiger partial charge on any atom is -0.497 e. The summed E-state index contributed by atoms with van der Waals surface area (Å²) < 4.78 is 45.7. The highest BCUT2D eigenvalue weighted by atomic mass is 32.2. The monoisotopic (exact) mass is 641 g/mol. The van der Waals surface area contributed by atoms with E-state index in [0.717, 1.165) is 71.2 Å². The van der Waals surface area contributed by atoms with Crippen LogP contribution in [0.15, 0.2) is 47.4 Å². The van der Waals surface area contributed by atoms with E-state index in [9.17, 15) is 13.2 Å². The third-order valence-corrected chi connectivity index (χ3v) is 12.1. The number of rotatable bonds is 13. The molecule has 0 radical (unpaired) electrons. The highest BCUT2D eigenvalue weighted by Crippen LogP contribution is 2.34. The van der Waals surface area contributed by atoms with Crippen molar-refractivity contribution in [2.75, 3.05) is 53.2 Å². The van der Waals surface area contributed by atoms with Gasteiger partial charge in [0, 0.05) is 37.8 Å². The lowest BCUT2D eigenvalue weighted by atomic mass is 9.79. The molecule has 3 aliphatic rings. The van der Waals surface area contributed by atoms with Gasteiger partial charge in [0.15, 0.2) is 0 Å². The Morgan fingerprint density at radius 1 is 1.00 bits per heavy atom. The van der Waals surface area contributed by atoms with E-state index < -0.39 is 10.0 Å². The maximum atomic E-state index is 13.7. The number of carbonyl (C=O) groups excluding carboxylic acids is 1. The Bertz CT molecular complexity index is 1330. The van der Waals surface area contributed by atoms with E-state index in [1.165, 1.54) is 5.56 Å². The molecule has 1 N–H and O–H groups in total. The molecule has 1 saturated carbocycles. The molecule has 2 saturated heterocycles. The van der Waals surface area contributed by atoms with Gasteiger partial charge in [-0.2, -0.15) is 4.31 Å². The number of methoxy groups -OCH3 is 1. The normalized spacial score (nSPS) is 23.9. The molecule has 0 spiro atoms. The summed E-state index contributed by atoms with van der Waals surface area (Å²) in [6.45, 7) is 7.79. The lowest BCUT2D eigenvalue weighted by molar-refractivity contribution is -0.127. The lowest BCUT2D eigenvalue weighted by Crippen LogP contribution is -2.49. The average Bonchev–Trinajstić information content (AvgIpc) is 3.52. The molecule has 2 heterocycles. The van der Waals surface area contributed by atoms with Gasteiger partial charge in [-0.05, 0) is 100.0 Å². The minimum absolute atomic E-state index is 0.0572. The van der Waals surface area contributed by atoms with Crippen LogP contribution in [0.4, 0.5) is 0 Å². The van der Waals surface area contributed by atoms with Crippen LogP contribution in [0, 0.1) is 19.8 Å². The molecule has 2 atom stereocenters. The first-order valence-electron chi connectivity index (χ1n) is 16.7. The zero-order valence-electron chi connectivity index (χ0n) is 27.2. The summed E-state index contributed by atoms with van der Waals surface area (Å²) >= 11 is 0. The SMILES string of the molecule is COc1cc(C)c(S(=O)(=O)N2CCCC2COCC(=O)NC2CCC(C(CCc3ccccc3)N3CCOCC3)CC2)c(C)c1. The molecule has 5 rings (SSSR count). The molecule has 2 aromatic rings. The molecule has 1 amide bonds. The average molecular weight is 642 g/mol. The predicted molar refractivity (Wildman–Crippen MR) is 175 cm³/mol. The van der Waals surface area contributed by atoms with Crippen LogP contribution in [0.5, 0.6) is 5.75 Å². The number of aryl methyl sites for hydroxylation is 3. The van der Waals surface area contributed by atoms with Gasteiger partial charge in [-0.25, -0.2) is 8.42 Å². The summed E-state index contributed by atoms with van der Waals surface area (Å²) in [6, 6.07) is 14.7. The first kappa shape index (κ1) is 33.9. The Hall–Kier alpha value is -2.50. The number of amides is 1. The van der Waals surface area contributed by atoms with Gasteiger partial charge in [0.2, 0.25) is 15.9 Å². The largest absolute Gasteiger partial charge is 0.497 e. The van der Waals surface area contributed by atoms with E-state index in [1.807, 2.05) is 0 Å². The first-order chi connectivity index (χ1) is 21.8. The molecule has 1 aliphatic carbocycles. The van der Waals surface area contributed by atoms with Gasteiger partial charge in [-0.15, -0.1) is 0 Å². The van der Waals surface area contributed by atoms with E-state index in [4.69, 9.17) is 14.2 Å². The Morgan fingerprint density at radius 2 is 1.69 bits per heavy atom. The number of nitrogens with zero attached hydrogens (tertiary/aromatic N) is 2. The highest BCUT2D eigenvalue weighted by molar-refractivity contribution is 7.89. The van der Waals surface area contributed by atoms with Gasteiger partial charge in [-0.1, -0.05) is 30.3 Å². The molecular weight excluding hydrogens is 590 g/mol. The molecule has 0 bridgehead atoms. The molecule has 45 heavy (non-hydrogen) atoms. The van der Waals surface area contributed by atoms with E-state index in [0.29, 0.717) is 46.7 Å². The molecule has 2 aromatic carbocycles. The van der Waals surface area contributed by atoms with Crippen molar-refractivity contribution in [2.45, 2.75) is 88.2 Å². The van der Waals surface area contributed by atoms with Gasteiger partial charge in [0.05, 0.1) is 31.8 Å². The van der Waals surface area contributed by atoms with Crippen LogP contribution in [0.1, 0.15) is 61.6 Å². The third-order valence-electron chi connectivity index (χ3n) is 9.87. The molecule has 2 unspecified atom stereocenters. The van der Waals surface area contributed by atoms with Crippen LogP contribution in [-0.4, -0.2) is 94.8 Å². The molecule has 9 nitrogen and oxygen atoms in total. The number of morpholine rings is 1.